The molecule has 140 valence electrons. The van der Waals surface area contributed by atoms with Crippen molar-refractivity contribution in [2.45, 2.75) is 25.8 Å². The van der Waals surface area contributed by atoms with Crippen LogP contribution in [0.25, 0.3) is 5.69 Å². The number of thiophene rings is 1. The number of aromatic nitrogens is 2. The molecule has 1 aliphatic heterocycles. The monoisotopic (exact) mass is 380 g/mol. The number of likely N-dealkylation sites (tertiary alicyclic amines) is 1. The van der Waals surface area contributed by atoms with E-state index in [9.17, 15) is 4.79 Å². The fraction of sp³-hybridized carbons (Fsp3) is 0.333. The lowest BCUT2D eigenvalue weighted by atomic mass is 10.2. The van der Waals surface area contributed by atoms with E-state index >= 15 is 0 Å². The molecule has 1 saturated heterocycles. The summed E-state index contributed by atoms with van der Waals surface area (Å²) in [5.74, 6) is -0.0598. The van der Waals surface area contributed by atoms with Crippen molar-refractivity contribution in [3.8, 4) is 5.69 Å². The number of carbonyl (C=O) groups is 1. The first-order chi connectivity index (χ1) is 13.2. The second-order valence-electron chi connectivity index (χ2n) is 6.88. The number of amides is 1. The zero-order valence-electron chi connectivity index (χ0n) is 15.5. The van der Waals surface area contributed by atoms with Gasteiger partial charge in [-0.05, 0) is 56.4 Å². The summed E-state index contributed by atoms with van der Waals surface area (Å²) in [5.41, 5.74) is 2.44. The highest BCUT2D eigenvalue weighted by Gasteiger charge is 2.25. The highest BCUT2D eigenvalue weighted by molar-refractivity contribution is 7.10. The predicted octanol–water partition coefficient (Wildman–Crippen LogP) is 3.81. The standard InChI is InChI=1S/C21H24N4OS/c1-16-18(14-23-25(16)17-8-3-2-4-9-17)21(26)22-15-19(20-10-7-13-27-20)24-11-5-6-12-24/h2-4,7-10,13-14,19H,5-6,11-12,15H2,1H3,(H,22,26). The average molecular weight is 381 g/mol. The van der Waals surface area contributed by atoms with Gasteiger partial charge in [-0.15, -0.1) is 11.3 Å². The quantitative estimate of drug-likeness (QED) is 0.707. The zero-order valence-corrected chi connectivity index (χ0v) is 16.3. The summed E-state index contributed by atoms with van der Waals surface area (Å²) >= 11 is 1.76. The summed E-state index contributed by atoms with van der Waals surface area (Å²) in [6.45, 7) is 4.76. The normalized spacial score (nSPS) is 15.7. The summed E-state index contributed by atoms with van der Waals surface area (Å²) in [5, 5.41) is 9.66. The van der Waals surface area contributed by atoms with Crippen molar-refractivity contribution in [2.24, 2.45) is 0 Å². The topological polar surface area (TPSA) is 50.2 Å². The van der Waals surface area contributed by atoms with Gasteiger partial charge in [0.1, 0.15) is 0 Å². The van der Waals surface area contributed by atoms with Gasteiger partial charge in [0.05, 0.1) is 29.2 Å². The number of nitrogens with zero attached hydrogens (tertiary/aromatic N) is 3. The van der Waals surface area contributed by atoms with Crippen LogP contribution in [0.1, 0.15) is 39.8 Å². The maximum absolute atomic E-state index is 12.8. The van der Waals surface area contributed by atoms with Crippen molar-refractivity contribution in [3.63, 3.8) is 0 Å². The highest BCUT2D eigenvalue weighted by Crippen LogP contribution is 2.28. The third kappa shape index (κ3) is 3.82. The number of benzene rings is 1. The molecular formula is C21H24N4OS. The van der Waals surface area contributed by atoms with Crippen LogP contribution in [0, 0.1) is 6.92 Å². The van der Waals surface area contributed by atoms with Gasteiger partial charge in [0.25, 0.3) is 5.91 Å². The van der Waals surface area contributed by atoms with Gasteiger partial charge in [-0.25, -0.2) is 4.68 Å². The Balaban J connectivity index is 1.48. The van der Waals surface area contributed by atoms with Crippen LogP contribution in [0.3, 0.4) is 0 Å². The Labute approximate surface area is 163 Å². The summed E-state index contributed by atoms with van der Waals surface area (Å²) < 4.78 is 1.81. The van der Waals surface area contributed by atoms with E-state index < -0.39 is 0 Å². The lowest BCUT2D eigenvalue weighted by molar-refractivity contribution is 0.0938. The molecule has 6 heteroatoms. The van der Waals surface area contributed by atoms with Gasteiger partial charge in [0, 0.05) is 11.4 Å². The number of rotatable bonds is 6. The minimum absolute atomic E-state index is 0.0598. The minimum atomic E-state index is -0.0598. The lowest BCUT2D eigenvalue weighted by Crippen LogP contribution is -2.36. The van der Waals surface area contributed by atoms with E-state index in [4.69, 9.17) is 0 Å². The molecule has 4 rings (SSSR count). The molecule has 0 aliphatic carbocycles. The number of carbonyl (C=O) groups excluding carboxylic acids is 1. The second kappa shape index (κ2) is 8.06. The van der Waals surface area contributed by atoms with Crippen molar-refractivity contribution in [1.29, 1.82) is 0 Å². The van der Waals surface area contributed by atoms with Crippen LogP contribution in [0.15, 0.2) is 54.0 Å². The fourth-order valence-corrected chi connectivity index (χ4v) is 4.55. The van der Waals surface area contributed by atoms with E-state index in [1.165, 1.54) is 17.7 Å². The molecule has 0 radical (unpaired) electrons. The van der Waals surface area contributed by atoms with Gasteiger partial charge in [-0.3, -0.25) is 9.69 Å². The molecule has 1 N–H and O–H groups in total. The fourth-order valence-electron chi connectivity index (χ4n) is 3.69. The number of nitrogens with one attached hydrogen (secondary N) is 1. The van der Waals surface area contributed by atoms with Crippen LogP contribution in [0.5, 0.6) is 0 Å². The van der Waals surface area contributed by atoms with Crippen LogP contribution in [0.4, 0.5) is 0 Å². The van der Waals surface area contributed by atoms with Crippen molar-refractivity contribution in [3.05, 3.63) is 70.2 Å². The molecular weight excluding hydrogens is 356 g/mol. The van der Waals surface area contributed by atoms with E-state index in [1.54, 1.807) is 17.5 Å². The lowest BCUT2D eigenvalue weighted by Gasteiger charge is -2.26. The summed E-state index contributed by atoms with van der Waals surface area (Å²) in [6, 6.07) is 14.4. The summed E-state index contributed by atoms with van der Waals surface area (Å²) in [4.78, 5) is 16.6. The Kier molecular flexibility index (Phi) is 5.36. The van der Waals surface area contributed by atoms with Gasteiger partial charge in [0.2, 0.25) is 0 Å². The molecule has 27 heavy (non-hydrogen) atoms. The maximum Gasteiger partial charge on any atom is 0.254 e. The first kappa shape index (κ1) is 17.9. The van der Waals surface area contributed by atoms with E-state index in [0.717, 1.165) is 24.5 Å². The molecule has 1 unspecified atom stereocenters. The van der Waals surface area contributed by atoms with Gasteiger partial charge >= 0.3 is 0 Å². The largest absolute Gasteiger partial charge is 0.350 e. The van der Waals surface area contributed by atoms with Gasteiger partial charge in [0.15, 0.2) is 0 Å². The van der Waals surface area contributed by atoms with E-state index in [0.29, 0.717) is 12.1 Å². The average Bonchev–Trinajstić information content (AvgIpc) is 3.45. The van der Waals surface area contributed by atoms with E-state index in [1.807, 2.05) is 41.9 Å². The number of hydrogen-bond acceptors (Lipinski definition) is 4. The second-order valence-corrected chi connectivity index (χ2v) is 7.85. The smallest absolute Gasteiger partial charge is 0.254 e. The Morgan fingerprint density at radius 2 is 1.96 bits per heavy atom. The Morgan fingerprint density at radius 3 is 2.67 bits per heavy atom. The number of para-hydroxylation sites is 1. The van der Waals surface area contributed by atoms with Crippen LogP contribution in [-0.2, 0) is 0 Å². The molecule has 1 amide bonds. The van der Waals surface area contributed by atoms with Crippen LogP contribution < -0.4 is 5.32 Å². The van der Waals surface area contributed by atoms with Gasteiger partial charge in [-0.1, -0.05) is 24.3 Å². The van der Waals surface area contributed by atoms with Crippen molar-refractivity contribution < 1.29 is 4.79 Å². The molecule has 3 heterocycles. The molecule has 3 aromatic rings. The SMILES string of the molecule is Cc1c(C(=O)NCC(c2cccs2)N2CCCC2)cnn1-c1ccccc1. The molecule has 1 aliphatic rings. The molecule has 0 bridgehead atoms. The molecule has 0 spiro atoms. The molecule has 2 aromatic heterocycles. The first-order valence-electron chi connectivity index (χ1n) is 9.40. The van der Waals surface area contributed by atoms with Crippen LogP contribution >= 0.6 is 11.3 Å². The molecule has 5 nitrogen and oxygen atoms in total. The summed E-state index contributed by atoms with van der Waals surface area (Å²) in [6.07, 6.45) is 4.13. The predicted molar refractivity (Wildman–Crippen MR) is 109 cm³/mol. The minimum Gasteiger partial charge on any atom is -0.350 e. The van der Waals surface area contributed by atoms with E-state index in [-0.39, 0.29) is 11.9 Å². The van der Waals surface area contributed by atoms with Crippen LogP contribution in [-0.4, -0.2) is 40.2 Å². The van der Waals surface area contributed by atoms with Crippen LogP contribution in [0.2, 0.25) is 0 Å². The Hall–Kier alpha value is -2.44. The van der Waals surface area contributed by atoms with Gasteiger partial charge < -0.3 is 5.32 Å². The molecule has 1 aromatic carbocycles. The molecule has 1 fully saturated rings. The van der Waals surface area contributed by atoms with Crippen molar-refractivity contribution in [1.82, 2.24) is 20.0 Å². The Bertz CT molecular complexity index is 882. The third-order valence-corrected chi connectivity index (χ3v) is 6.14. The zero-order chi connectivity index (χ0) is 18.6. The van der Waals surface area contributed by atoms with E-state index in [2.05, 4.69) is 32.8 Å². The Morgan fingerprint density at radius 1 is 1.19 bits per heavy atom. The number of hydrogen-bond donors (Lipinski definition) is 1. The highest BCUT2D eigenvalue weighted by atomic mass is 32.1. The molecule has 0 saturated carbocycles. The van der Waals surface area contributed by atoms with Gasteiger partial charge in [-0.2, -0.15) is 5.10 Å². The van der Waals surface area contributed by atoms with Crippen molar-refractivity contribution in [2.75, 3.05) is 19.6 Å². The molecule has 1 atom stereocenters. The first-order valence-corrected chi connectivity index (χ1v) is 10.3. The maximum atomic E-state index is 12.8. The third-order valence-electron chi connectivity index (χ3n) is 5.16. The van der Waals surface area contributed by atoms with Crippen molar-refractivity contribution >= 4 is 17.2 Å². The summed E-state index contributed by atoms with van der Waals surface area (Å²) in [7, 11) is 0.